The van der Waals surface area contributed by atoms with Gasteiger partial charge in [-0.3, -0.25) is 4.79 Å². The van der Waals surface area contributed by atoms with Crippen molar-refractivity contribution in [3.63, 3.8) is 0 Å². The topological polar surface area (TPSA) is 69.6 Å². The highest BCUT2D eigenvalue weighted by Gasteiger charge is 2.06. The maximum atomic E-state index is 11.2. The first-order chi connectivity index (χ1) is 7.91. The molecule has 0 fully saturated rings. The van der Waals surface area contributed by atoms with Gasteiger partial charge in [0.25, 0.3) is 0 Å². The summed E-state index contributed by atoms with van der Waals surface area (Å²) in [6.45, 7) is 7.50. The number of phenols is 2. The number of hydrogen-bond acceptors (Lipinski definition) is 3. The third kappa shape index (κ3) is 3.52. The molecule has 0 aromatic heterocycles. The lowest BCUT2D eigenvalue weighted by atomic mass is 10.0. The molecule has 1 aromatic carbocycles. The zero-order valence-electron chi connectivity index (χ0n) is 10.1. The number of rotatable bonds is 4. The van der Waals surface area contributed by atoms with Crippen LogP contribution in [0.1, 0.15) is 18.1 Å². The molecule has 0 saturated carbocycles. The second-order valence-electron chi connectivity index (χ2n) is 4.05. The third-order valence-corrected chi connectivity index (χ3v) is 2.50. The molecule has 92 valence electrons. The first kappa shape index (κ1) is 13.1. The molecule has 1 amide bonds. The second-order valence-corrected chi connectivity index (χ2v) is 4.05. The summed E-state index contributed by atoms with van der Waals surface area (Å²) < 4.78 is 0. The standard InChI is InChI=1S/C13H17NO3/c1-8(2)13(17)14-5-4-10-7-12(16)11(15)6-9(10)3/h6-7,15-16H,1,4-5H2,2-3H3,(H,14,17). The van der Waals surface area contributed by atoms with Crippen molar-refractivity contribution < 1.29 is 15.0 Å². The SMILES string of the molecule is C=C(C)C(=O)NCCc1cc(O)c(O)cc1C. The van der Waals surface area contributed by atoms with Crippen LogP contribution >= 0.6 is 0 Å². The van der Waals surface area contributed by atoms with E-state index >= 15 is 0 Å². The predicted octanol–water partition coefficient (Wildman–Crippen LogP) is 1.64. The van der Waals surface area contributed by atoms with Crippen LogP contribution in [0.15, 0.2) is 24.3 Å². The number of phenolic OH excluding ortho intramolecular Hbond substituents is 2. The van der Waals surface area contributed by atoms with Gasteiger partial charge in [-0.2, -0.15) is 0 Å². The van der Waals surface area contributed by atoms with E-state index in [0.29, 0.717) is 18.5 Å². The van der Waals surface area contributed by atoms with E-state index in [4.69, 9.17) is 0 Å². The van der Waals surface area contributed by atoms with Gasteiger partial charge in [-0.25, -0.2) is 0 Å². The van der Waals surface area contributed by atoms with Crippen LogP contribution in [0.4, 0.5) is 0 Å². The number of amides is 1. The highest BCUT2D eigenvalue weighted by Crippen LogP contribution is 2.27. The van der Waals surface area contributed by atoms with Gasteiger partial charge in [-0.1, -0.05) is 6.58 Å². The molecule has 1 rings (SSSR count). The molecule has 3 N–H and O–H groups in total. The summed E-state index contributed by atoms with van der Waals surface area (Å²) in [5, 5.41) is 21.4. The maximum Gasteiger partial charge on any atom is 0.246 e. The first-order valence-corrected chi connectivity index (χ1v) is 5.37. The highest BCUT2D eigenvalue weighted by atomic mass is 16.3. The van der Waals surface area contributed by atoms with Crippen molar-refractivity contribution in [2.45, 2.75) is 20.3 Å². The molecule has 4 nitrogen and oxygen atoms in total. The number of hydrogen-bond donors (Lipinski definition) is 3. The van der Waals surface area contributed by atoms with Crippen LogP contribution in [0, 0.1) is 6.92 Å². The lowest BCUT2D eigenvalue weighted by molar-refractivity contribution is -0.117. The predicted molar refractivity (Wildman–Crippen MR) is 66.0 cm³/mol. The third-order valence-electron chi connectivity index (χ3n) is 2.50. The van der Waals surface area contributed by atoms with Gasteiger partial charge in [0.2, 0.25) is 5.91 Å². The summed E-state index contributed by atoms with van der Waals surface area (Å²) in [5.41, 5.74) is 2.24. The quantitative estimate of drug-likeness (QED) is 0.549. The van der Waals surface area contributed by atoms with E-state index in [1.165, 1.54) is 12.1 Å². The Kier molecular flexibility index (Phi) is 4.15. The largest absolute Gasteiger partial charge is 0.504 e. The lowest BCUT2D eigenvalue weighted by Gasteiger charge is -2.09. The Morgan fingerprint density at radius 2 is 1.94 bits per heavy atom. The summed E-state index contributed by atoms with van der Waals surface area (Å²) >= 11 is 0. The fraction of sp³-hybridized carbons (Fsp3) is 0.308. The smallest absolute Gasteiger partial charge is 0.246 e. The molecular formula is C13H17NO3. The zero-order valence-corrected chi connectivity index (χ0v) is 10.1. The maximum absolute atomic E-state index is 11.2. The van der Waals surface area contributed by atoms with Crippen LogP contribution in [-0.2, 0) is 11.2 Å². The molecule has 4 heteroatoms. The van der Waals surface area contributed by atoms with Crippen molar-refractivity contribution in [1.82, 2.24) is 5.32 Å². The Balaban J connectivity index is 2.61. The van der Waals surface area contributed by atoms with E-state index in [0.717, 1.165) is 11.1 Å². The van der Waals surface area contributed by atoms with Gasteiger partial charge in [-0.05, 0) is 43.5 Å². The number of aromatic hydroxyl groups is 2. The van der Waals surface area contributed by atoms with Crippen molar-refractivity contribution in [3.8, 4) is 11.5 Å². The minimum absolute atomic E-state index is 0.128. The average molecular weight is 235 g/mol. The van der Waals surface area contributed by atoms with Gasteiger partial charge in [0.05, 0.1) is 0 Å². The Morgan fingerprint density at radius 3 is 2.53 bits per heavy atom. The molecule has 0 atom stereocenters. The fourth-order valence-electron chi connectivity index (χ4n) is 1.46. The Bertz CT molecular complexity index is 452. The summed E-state index contributed by atoms with van der Waals surface area (Å²) in [5.74, 6) is -0.445. The first-order valence-electron chi connectivity index (χ1n) is 5.37. The van der Waals surface area contributed by atoms with Crippen molar-refractivity contribution >= 4 is 5.91 Å². The lowest BCUT2D eigenvalue weighted by Crippen LogP contribution is -2.26. The van der Waals surface area contributed by atoms with E-state index < -0.39 is 0 Å². The van der Waals surface area contributed by atoms with Crippen molar-refractivity contribution in [2.75, 3.05) is 6.54 Å². The minimum atomic E-state index is -0.175. The molecule has 0 bridgehead atoms. The van der Waals surface area contributed by atoms with E-state index in [1.54, 1.807) is 6.92 Å². The normalized spacial score (nSPS) is 10.0. The Labute approximate surface area is 101 Å². The molecule has 1 aromatic rings. The second kappa shape index (κ2) is 5.39. The van der Waals surface area contributed by atoms with Crippen molar-refractivity contribution in [1.29, 1.82) is 0 Å². The molecule has 0 aliphatic rings. The molecule has 0 saturated heterocycles. The van der Waals surface area contributed by atoms with Crippen molar-refractivity contribution in [2.24, 2.45) is 0 Å². The van der Waals surface area contributed by atoms with E-state index in [2.05, 4.69) is 11.9 Å². The van der Waals surface area contributed by atoms with Gasteiger partial charge < -0.3 is 15.5 Å². The van der Waals surface area contributed by atoms with Gasteiger partial charge >= 0.3 is 0 Å². The van der Waals surface area contributed by atoms with Gasteiger partial charge in [0, 0.05) is 12.1 Å². The van der Waals surface area contributed by atoms with E-state index in [1.807, 2.05) is 6.92 Å². The van der Waals surface area contributed by atoms with Crippen LogP contribution in [0.25, 0.3) is 0 Å². The van der Waals surface area contributed by atoms with Gasteiger partial charge in [-0.15, -0.1) is 0 Å². The zero-order chi connectivity index (χ0) is 13.0. The Hall–Kier alpha value is -1.97. The summed E-state index contributed by atoms with van der Waals surface area (Å²) in [6.07, 6.45) is 0.596. The summed E-state index contributed by atoms with van der Waals surface area (Å²) in [6, 6.07) is 3.02. The average Bonchev–Trinajstić information content (AvgIpc) is 2.25. The molecule has 0 aliphatic heterocycles. The van der Waals surface area contributed by atoms with E-state index in [9.17, 15) is 15.0 Å². The molecule has 0 heterocycles. The fourth-order valence-corrected chi connectivity index (χ4v) is 1.46. The molecule has 0 aliphatic carbocycles. The number of aryl methyl sites for hydroxylation is 1. The van der Waals surface area contributed by atoms with E-state index in [-0.39, 0.29) is 17.4 Å². The van der Waals surface area contributed by atoms with Crippen LogP contribution in [0.2, 0.25) is 0 Å². The number of benzene rings is 1. The van der Waals surface area contributed by atoms with Gasteiger partial charge in [0.1, 0.15) is 0 Å². The Morgan fingerprint density at radius 1 is 1.35 bits per heavy atom. The van der Waals surface area contributed by atoms with Crippen molar-refractivity contribution in [3.05, 3.63) is 35.4 Å². The monoisotopic (exact) mass is 235 g/mol. The van der Waals surface area contributed by atoms with Crippen LogP contribution in [0.3, 0.4) is 0 Å². The summed E-state index contributed by atoms with van der Waals surface area (Å²) in [4.78, 5) is 11.2. The summed E-state index contributed by atoms with van der Waals surface area (Å²) in [7, 11) is 0. The molecular weight excluding hydrogens is 218 g/mol. The molecule has 17 heavy (non-hydrogen) atoms. The minimum Gasteiger partial charge on any atom is -0.504 e. The van der Waals surface area contributed by atoms with Crippen LogP contribution in [-0.4, -0.2) is 22.7 Å². The molecule has 0 radical (unpaired) electrons. The molecule has 0 unspecified atom stereocenters. The van der Waals surface area contributed by atoms with Crippen LogP contribution in [0.5, 0.6) is 11.5 Å². The number of carbonyl (C=O) groups excluding carboxylic acids is 1. The van der Waals surface area contributed by atoms with Crippen LogP contribution < -0.4 is 5.32 Å². The number of nitrogens with one attached hydrogen (secondary N) is 1. The van der Waals surface area contributed by atoms with Gasteiger partial charge in [0.15, 0.2) is 11.5 Å². The number of carbonyl (C=O) groups is 1. The molecule has 0 spiro atoms. The highest BCUT2D eigenvalue weighted by molar-refractivity contribution is 5.92.